The highest BCUT2D eigenvalue weighted by Gasteiger charge is 2.01. The highest BCUT2D eigenvalue weighted by molar-refractivity contribution is 9.10. The molecular weight excluding hydrogens is 234 g/mol. The van der Waals surface area contributed by atoms with Crippen molar-refractivity contribution in [3.63, 3.8) is 0 Å². The molecule has 72 valence electrons. The van der Waals surface area contributed by atoms with E-state index >= 15 is 0 Å². The van der Waals surface area contributed by atoms with Crippen LogP contribution >= 0.6 is 15.9 Å². The number of aryl methyl sites for hydroxylation is 1. The predicted octanol–water partition coefficient (Wildman–Crippen LogP) is 1.38. The number of nitrogens with zero attached hydrogens (tertiary/aromatic N) is 1. The smallest absolute Gasteiger partial charge is 0.264 e. The lowest BCUT2D eigenvalue weighted by molar-refractivity contribution is 0.177. The molecule has 1 heterocycles. The average Bonchev–Trinajstić information content (AvgIpc) is 2.07. The van der Waals surface area contributed by atoms with Gasteiger partial charge in [0.15, 0.2) is 0 Å². The Kier molecular flexibility index (Phi) is 3.69. The van der Waals surface area contributed by atoms with Gasteiger partial charge in [0.05, 0.1) is 10.6 Å². The maximum absolute atomic E-state index is 11.4. The maximum atomic E-state index is 11.4. The molecule has 4 heteroatoms. The summed E-state index contributed by atoms with van der Waals surface area (Å²) in [5.74, 6) is 0. The van der Waals surface area contributed by atoms with E-state index in [-0.39, 0.29) is 11.7 Å². The molecule has 0 aliphatic heterocycles. The number of aliphatic hydroxyl groups excluding tert-OH is 1. The van der Waals surface area contributed by atoms with E-state index in [9.17, 15) is 4.79 Å². The summed E-state index contributed by atoms with van der Waals surface area (Å²) in [6.07, 6.45) is 1.94. The second-order valence-corrected chi connectivity index (χ2v) is 3.85. The Balaban J connectivity index is 2.78. The second kappa shape index (κ2) is 4.58. The molecule has 0 aliphatic carbocycles. The molecule has 13 heavy (non-hydrogen) atoms. The lowest BCUT2D eigenvalue weighted by Gasteiger charge is -2.06. The number of pyridine rings is 1. The van der Waals surface area contributed by atoms with Crippen LogP contribution in [0.4, 0.5) is 0 Å². The van der Waals surface area contributed by atoms with E-state index in [1.165, 1.54) is 0 Å². The zero-order chi connectivity index (χ0) is 9.84. The normalized spacial score (nSPS) is 12.8. The van der Waals surface area contributed by atoms with Crippen molar-refractivity contribution < 1.29 is 5.11 Å². The molecule has 0 aliphatic rings. The zero-order valence-electron chi connectivity index (χ0n) is 7.40. The first-order chi connectivity index (χ1) is 6.11. The summed E-state index contributed by atoms with van der Waals surface area (Å²) in [5, 5.41) is 9.05. The molecule has 1 aromatic heterocycles. The third-order valence-electron chi connectivity index (χ3n) is 1.76. The summed E-state index contributed by atoms with van der Waals surface area (Å²) in [5.41, 5.74) is -0.0526. The van der Waals surface area contributed by atoms with Crippen molar-refractivity contribution in [1.29, 1.82) is 0 Å². The maximum Gasteiger partial charge on any atom is 0.264 e. The molecule has 0 saturated carbocycles. The number of aliphatic hydroxyl groups is 1. The van der Waals surface area contributed by atoms with Gasteiger partial charge in [-0.2, -0.15) is 0 Å². The minimum atomic E-state index is -0.370. The van der Waals surface area contributed by atoms with Gasteiger partial charge in [-0.25, -0.2) is 0 Å². The second-order valence-electron chi connectivity index (χ2n) is 2.99. The number of halogens is 1. The lowest BCUT2D eigenvalue weighted by Crippen LogP contribution is -2.21. The van der Waals surface area contributed by atoms with Crippen molar-refractivity contribution in [2.24, 2.45) is 0 Å². The van der Waals surface area contributed by atoms with Gasteiger partial charge in [0, 0.05) is 12.7 Å². The molecular formula is C9H12BrNO2. The quantitative estimate of drug-likeness (QED) is 0.875. The molecule has 3 nitrogen and oxygen atoms in total. The Hall–Kier alpha value is -0.610. The summed E-state index contributed by atoms with van der Waals surface area (Å²) in [4.78, 5) is 11.4. The summed E-state index contributed by atoms with van der Waals surface area (Å²) >= 11 is 3.16. The SMILES string of the molecule is CC(O)CCn1cccc(Br)c1=O. The minimum Gasteiger partial charge on any atom is -0.393 e. The van der Waals surface area contributed by atoms with Gasteiger partial charge < -0.3 is 9.67 Å². The largest absolute Gasteiger partial charge is 0.393 e. The summed E-state index contributed by atoms with van der Waals surface area (Å²) in [6, 6.07) is 3.51. The molecule has 0 fully saturated rings. The van der Waals surface area contributed by atoms with Crippen molar-refractivity contribution in [2.75, 3.05) is 0 Å². The molecule has 0 spiro atoms. The van der Waals surface area contributed by atoms with Crippen molar-refractivity contribution in [1.82, 2.24) is 4.57 Å². The van der Waals surface area contributed by atoms with Gasteiger partial charge in [0.2, 0.25) is 0 Å². The third kappa shape index (κ3) is 2.97. The van der Waals surface area contributed by atoms with Crippen molar-refractivity contribution in [2.45, 2.75) is 26.0 Å². The molecule has 1 atom stereocenters. The van der Waals surface area contributed by atoms with Crippen LogP contribution in [0.15, 0.2) is 27.6 Å². The monoisotopic (exact) mass is 245 g/mol. The topological polar surface area (TPSA) is 42.2 Å². The predicted molar refractivity (Wildman–Crippen MR) is 54.7 cm³/mol. The van der Waals surface area contributed by atoms with Gasteiger partial charge >= 0.3 is 0 Å². The zero-order valence-corrected chi connectivity index (χ0v) is 8.99. The Morgan fingerprint density at radius 3 is 3.00 bits per heavy atom. The van der Waals surface area contributed by atoms with Crippen LogP contribution in [0.1, 0.15) is 13.3 Å². The van der Waals surface area contributed by atoms with E-state index in [0.29, 0.717) is 17.4 Å². The Morgan fingerprint density at radius 2 is 2.38 bits per heavy atom. The number of aromatic nitrogens is 1. The Bertz CT molecular complexity index is 333. The van der Waals surface area contributed by atoms with E-state index in [1.807, 2.05) is 0 Å². The number of hydrogen-bond donors (Lipinski definition) is 1. The van der Waals surface area contributed by atoms with Crippen molar-refractivity contribution in [3.8, 4) is 0 Å². The highest BCUT2D eigenvalue weighted by Crippen LogP contribution is 2.01. The fourth-order valence-corrected chi connectivity index (χ4v) is 1.39. The van der Waals surface area contributed by atoms with E-state index in [1.54, 1.807) is 29.8 Å². The number of rotatable bonds is 3. The third-order valence-corrected chi connectivity index (χ3v) is 2.37. The molecule has 1 rings (SSSR count). The molecule has 0 amide bonds. The average molecular weight is 246 g/mol. The molecule has 0 saturated heterocycles. The van der Waals surface area contributed by atoms with Crippen LogP contribution in [-0.4, -0.2) is 15.8 Å². The fourth-order valence-electron chi connectivity index (χ4n) is 1.01. The molecule has 1 N–H and O–H groups in total. The molecule has 0 aromatic carbocycles. The van der Waals surface area contributed by atoms with Gasteiger partial charge in [-0.15, -0.1) is 0 Å². The highest BCUT2D eigenvalue weighted by atomic mass is 79.9. The first-order valence-electron chi connectivity index (χ1n) is 4.14. The van der Waals surface area contributed by atoms with Crippen LogP contribution in [0.2, 0.25) is 0 Å². The molecule has 0 bridgehead atoms. The molecule has 1 unspecified atom stereocenters. The van der Waals surface area contributed by atoms with E-state index < -0.39 is 0 Å². The van der Waals surface area contributed by atoms with E-state index in [2.05, 4.69) is 15.9 Å². The fraction of sp³-hybridized carbons (Fsp3) is 0.444. The van der Waals surface area contributed by atoms with Crippen LogP contribution in [0.25, 0.3) is 0 Å². The summed E-state index contributed by atoms with van der Waals surface area (Å²) < 4.78 is 2.14. The summed E-state index contributed by atoms with van der Waals surface area (Å²) in [6.45, 7) is 2.26. The van der Waals surface area contributed by atoms with Crippen LogP contribution in [0, 0.1) is 0 Å². The number of hydrogen-bond acceptors (Lipinski definition) is 2. The van der Waals surface area contributed by atoms with Gasteiger partial charge in [0.1, 0.15) is 0 Å². The van der Waals surface area contributed by atoms with Gasteiger partial charge in [0.25, 0.3) is 5.56 Å². The van der Waals surface area contributed by atoms with Gasteiger partial charge in [-0.05, 0) is 41.4 Å². The van der Waals surface area contributed by atoms with Gasteiger partial charge in [-0.3, -0.25) is 4.79 Å². The lowest BCUT2D eigenvalue weighted by atomic mass is 10.3. The van der Waals surface area contributed by atoms with Crippen LogP contribution in [0.5, 0.6) is 0 Å². The first kappa shape index (κ1) is 10.5. The van der Waals surface area contributed by atoms with E-state index in [4.69, 9.17) is 5.11 Å². The molecule has 0 radical (unpaired) electrons. The van der Waals surface area contributed by atoms with Crippen LogP contribution in [-0.2, 0) is 6.54 Å². The minimum absolute atomic E-state index is 0.0526. The summed E-state index contributed by atoms with van der Waals surface area (Å²) in [7, 11) is 0. The standard InChI is InChI=1S/C9H12BrNO2/c1-7(12)4-6-11-5-2-3-8(10)9(11)13/h2-3,5,7,12H,4,6H2,1H3. The van der Waals surface area contributed by atoms with Gasteiger partial charge in [-0.1, -0.05) is 0 Å². The Labute approximate surface area is 85.1 Å². The van der Waals surface area contributed by atoms with Crippen molar-refractivity contribution in [3.05, 3.63) is 33.2 Å². The first-order valence-corrected chi connectivity index (χ1v) is 4.93. The van der Waals surface area contributed by atoms with Crippen LogP contribution in [0.3, 0.4) is 0 Å². The van der Waals surface area contributed by atoms with Crippen LogP contribution < -0.4 is 5.56 Å². The Morgan fingerprint density at radius 1 is 1.69 bits per heavy atom. The van der Waals surface area contributed by atoms with E-state index in [0.717, 1.165) is 0 Å². The molecule has 1 aromatic rings. The van der Waals surface area contributed by atoms with Crippen molar-refractivity contribution >= 4 is 15.9 Å².